The Morgan fingerprint density at radius 2 is 1.92 bits per heavy atom. The van der Waals surface area contributed by atoms with E-state index in [9.17, 15) is 24.6 Å². The van der Waals surface area contributed by atoms with E-state index in [1.165, 1.54) is 29.0 Å². The fourth-order valence-corrected chi connectivity index (χ4v) is 2.17. The van der Waals surface area contributed by atoms with Crippen molar-refractivity contribution in [3.8, 4) is 5.75 Å². The molecule has 1 heterocycles. The van der Waals surface area contributed by atoms with Crippen LogP contribution in [0.2, 0.25) is 0 Å². The largest absolute Gasteiger partial charge is 0.508 e. The molecule has 0 fully saturated rings. The second-order valence-corrected chi connectivity index (χ2v) is 5.41. The summed E-state index contributed by atoms with van der Waals surface area (Å²) >= 11 is 0. The smallest absolute Gasteiger partial charge is 0.349 e. The van der Waals surface area contributed by atoms with E-state index in [-0.39, 0.29) is 31.0 Å². The van der Waals surface area contributed by atoms with Crippen molar-refractivity contribution in [3.05, 3.63) is 52.6 Å². The maximum absolute atomic E-state index is 12.0. The zero-order valence-corrected chi connectivity index (χ0v) is 13.3. The molecule has 1 aromatic carbocycles. The van der Waals surface area contributed by atoms with Crippen LogP contribution in [0.5, 0.6) is 5.75 Å². The molecule has 0 bridgehead atoms. The van der Waals surface area contributed by atoms with E-state index in [4.69, 9.17) is 5.73 Å². The Morgan fingerprint density at radius 1 is 1.24 bits per heavy atom. The molecule has 1 atom stereocenters. The molecular formula is C16H18N4O5. The van der Waals surface area contributed by atoms with Gasteiger partial charge in [-0.15, -0.1) is 0 Å². The number of amides is 1. The van der Waals surface area contributed by atoms with Gasteiger partial charge in [0.2, 0.25) is 5.91 Å². The predicted molar refractivity (Wildman–Crippen MR) is 88.9 cm³/mol. The van der Waals surface area contributed by atoms with Crippen molar-refractivity contribution in [3.63, 3.8) is 0 Å². The summed E-state index contributed by atoms with van der Waals surface area (Å²) in [6, 6.07) is 6.36. The molecule has 5 N–H and O–H groups in total. The standard InChI is InChI=1S/C16H18N4O5/c17-13-5-7-20(16(25)19-13)8-6-14(22)18-12(15(23)24)9-10-1-3-11(21)4-2-10/h1-5,7,12,21H,6,8-9H2,(H,18,22)(H,23,24)(H2,17,19,25)/t12-/m0/s1. The van der Waals surface area contributed by atoms with E-state index in [2.05, 4.69) is 10.3 Å². The van der Waals surface area contributed by atoms with Crippen molar-refractivity contribution >= 4 is 17.7 Å². The zero-order valence-electron chi connectivity index (χ0n) is 13.3. The van der Waals surface area contributed by atoms with Gasteiger partial charge in [0.1, 0.15) is 17.6 Å². The number of phenolic OH excluding ortho intramolecular Hbond substituents is 1. The highest BCUT2D eigenvalue weighted by Crippen LogP contribution is 2.11. The fourth-order valence-electron chi connectivity index (χ4n) is 2.17. The van der Waals surface area contributed by atoms with E-state index in [0.29, 0.717) is 5.56 Å². The molecule has 1 aromatic heterocycles. The number of aryl methyl sites for hydroxylation is 1. The van der Waals surface area contributed by atoms with Crippen LogP contribution in [0.1, 0.15) is 12.0 Å². The Hall–Kier alpha value is -3.36. The molecule has 9 heteroatoms. The van der Waals surface area contributed by atoms with Gasteiger partial charge in [-0.05, 0) is 23.8 Å². The number of rotatable bonds is 7. The molecule has 25 heavy (non-hydrogen) atoms. The predicted octanol–water partition coefficient (Wildman–Crippen LogP) is -0.267. The van der Waals surface area contributed by atoms with E-state index >= 15 is 0 Å². The van der Waals surface area contributed by atoms with Crippen molar-refractivity contribution in [1.29, 1.82) is 0 Å². The first-order chi connectivity index (χ1) is 11.8. The molecule has 0 aliphatic rings. The molecular weight excluding hydrogens is 328 g/mol. The van der Waals surface area contributed by atoms with Crippen LogP contribution < -0.4 is 16.7 Å². The summed E-state index contributed by atoms with van der Waals surface area (Å²) in [7, 11) is 0. The number of carboxylic acids is 1. The summed E-state index contributed by atoms with van der Waals surface area (Å²) < 4.78 is 1.21. The Morgan fingerprint density at radius 3 is 2.52 bits per heavy atom. The first-order valence-electron chi connectivity index (χ1n) is 7.48. The molecule has 1 amide bonds. The number of aliphatic carboxylic acids is 1. The molecule has 0 saturated carbocycles. The molecule has 0 unspecified atom stereocenters. The minimum Gasteiger partial charge on any atom is -0.508 e. The highest BCUT2D eigenvalue weighted by Gasteiger charge is 2.20. The van der Waals surface area contributed by atoms with Gasteiger partial charge in [0.15, 0.2) is 0 Å². The molecule has 0 aliphatic heterocycles. The van der Waals surface area contributed by atoms with E-state index in [1.54, 1.807) is 12.1 Å². The van der Waals surface area contributed by atoms with Crippen LogP contribution in [0.25, 0.3) is 0 Å². The third-order valence-corrected chi connectivity index (χ3v) is 3.48. The highest BCUT2D eigenvalue weighted by molar-refractivity contribution is 5.83. The van der Waals surface area contributed by atoms with E-state index in [0.717, 1.165) is 0 Å². The lowest BCUT2D eigenvalue weighted by Crippen LogP contribution is -2.42. The summed E-state index contributed by atoms with van der Waals surface area (Å²) in [5, 5.41) is 20.9. The second kappa shape index (κ2) is 7.95. The lowest BCUT2D eigenvalue weighted by Gasteiger charge is -2.15. The van der Waals surface area contributed by atoms with Crippen LogP contribution in [0.15, 0.2) is 41.3 Å². The number of anilines is 1. The lowest BCUT2D eigenvalue weighted by atomic mass is 10.1. The second-order valence-electron chi connectivity index (χ2n) is 5.41. The summed E-state index contributed by atoms with van der Waals surface area (Å²) in [6.07, 6.45) is 1.42. The van der Waals surface area contributed by atoms with Gasteiger partial charge in [-0.3, -0.25) is 9.36 Å². The minimum atomic E-state index is -1.17. The average Bonchev–Trinajstić information content (AvgIpc) is 2.55. The quantitative estimate of drug-likeness (QED) is 0.539. The number of carbonyl (C=O) groups is 2. The van der Waals surface area contributed by atoms with Gasteiger partial charge in [-0.1, -0.05) is 12.1 Å². The monoisotopic (exact) mass is 346 g/mol. The minimum absolute atomic E-state index is 0.0590. The lowest BCUT2D eigenvalue weighted by molar-refractivity contribution is -0.141. The Balaban J connectivity index is 1.94. The summed E-state index contributed by atoms with van der Waals surface area (Å²) in [6.45, 7) is 0.0590. The Kier molecular flexibility index (Phi) is 5.72. The number of nitrogens with one attached hydrogen (secondary N) is 1. The highest BCUT2D eigenvalue weighted by atomic mass is 16.4. The first-order valence-corrected chi connectivity index (χ1v) is 7.48. The SMILES string of the molecule is Nc1ccn(CCC(=O)N[C@@H](Cc2ccc(O)cc2)C(=O)O)c(=O)n1. The number of nitrogen functional groups attached to an aromatic ring is 1. The molecule has 0 aliphatic carbocycles. The number of aromatic nitrogens is 2. The Bertz CT molecular complexity index is 816. The molecule has 2 aromatic rings. The van der Waals surface area contributed by atoms with Gasteiger partial charge in [0, 0.05) is 25.6 Å². The molecule has 0 spiro atoms. The number of carbonyl (C=O) groups excluding carboxylic acids is 1. The van der Waals surface area contributed by atoms with Crippen LogP contribution in [0, 0.1) is 0 Å². The summed E-state index contributed by atoms with van der Waals surface area (Å²) in [5.41, 5.74) is 5.46. The van der Waals surface area contributed by atoms with E-state index in [1.807, 2.05) is 0 Å². The maximum atomic E-state index is 12.0. The van der Waals surface area contributed by atoms with Crippen molar-refractivity contribution < 1.29 is 19.8 Å². The Labute approximate surface area is 142 Å². The van der Waals surface area contributed by atoms with Crippen molar-refractivity contribution in [2.75, 3.05) is 5.73 Å². The van der Waals surface area contributed by atoms with Crippen LogP contribution in [0.4, 0.5) is 5.82 Å². The molecule has 132 valence electrons. The van der Waals surface area contributed by atoms with Crippen LogP contribution >= 0.6 is 0 Å². The third-order valence-electron chi connectivity index (χ3n) is 3.48. The van der Waals surface area contributed by atoms with Gasteiger partial charge in [0.25, 0.3) is 0 Å². The summed E-state index contributed by atoms with van der Waals surface area (Å²) in [5.74, 6) is -1.52. The molecule has 0 radical (unpaired) electrons. The van der Waals surface area contributed by atoms with Gasteiger partial charge in [-0.25, -0.2) is 9.59 Å². The fraction of sp³-hybridized carbons (Fsp3) is 0.250. The normalized spacial score (nSPS) is 11.7. The number of nitrogens with zero attached hydrogens (tertiary/aromatic N) is 2. The number of aromatic hydroxyl groups is 1. The zero-order chi connectivity index (χ0) is 18.4. The van der Waals surface area contributed by atoms with Gasteiger partial charge >= 0.3 is 11.7 Å². The third kappa shape index (κ3) is 5.34. The topological polar surface area (TPSA) is 148 Å². The summed E-state index contributed by atoms with van der Waals surface area (Å²) in [4.78, 5) is 38.4. The van der Waals surface area contributed by atoms with Gasteiger partial charge < -0.3 is 21.3 Å². The van der Waals surface area contributed by atoms with Crippen LogP contribution in [-0.4, -0.2) is 37.7 Å². The number of nitrogens with two attached hydrogens (primary N) is 1. The number of carboxylic acid groups (broad SMARTS) is 1. The van der Waals surface area contributed by atoms with Crippen molar-refractivity contribution in [1.82, 2.24) is 14.9 Å². The van der Waals surface area contributed by atoms with E-state index < -0.39 is 23.6 Å². The number of hydrogen-bond acceptors (Lipinski definition) is 6. The molecule has 2 rings (SSSR count). The first kappa shape index (κ1) is 18.0. The number of benzene rings is 1. The van der Waals surface area contributed by atoms with Gasteiger partial charge in [-0.2, -0.15) is 4.98 Å². The maximum Gasteiger partial charge on any atom is 0.349 e. The number of hydrogen-bond donors (Lipinski definition) is 4. The van der Waals surface area contributed by atoms with Gasteiger partial charge in [0.05, 0.1) is 0 Å². The van der Waals surface area contributed by atoms with Crippen molar-refractivity contribution in [2.45, 2.75) is 25.4 Å². The molecule has 9 nitrogen and oxygen atoms in total. The number of phenols is 1. The van der Waals surface area contributed by atoms with Crippen molar-refractivity contribution in [2.24, 2.45) is 0 Å². The average molecular weight is 346 g/mol. The van der Waals surface area contributed by atoms with Crippen LogP contribution in [0.3, 0.4) is 0 Å². The van der Waals surface area contributed by atoms with Crippen LogP contribution in [-0.2, 0) is 22.6 Å². The molecule has 0 saturated heterocycles.